The Morgan fingerprint density at radius 2 is 1.96 bits per heavy atom. The molecule has 1 amide bonds. The van der Waals surface area contributed by atoms with Crippen molar-refractivity contribution in [1.29, 1.82) is 5.26 Å². The van der Waals surface area contributed by atoms with Crippen LogP contribution in [0, 0.1) is 30.3 Å². The summed E-state index contributed by atoms with van der Waals surface area (Å²) in [6, 6.07) is 9.33. The molecule has 0 heterocycles. The first-order chi connectivity index (χ1) is 12.9. The predicted octanol–water partition coefficient (Wildman–Crippen LogP) is 4.21. The monoisotopic (exact) mass is 384 g/mol. The van der Waals surface area contributed by atoms with Gasteiger partial charge in [0.25, 0.3) is 5.91 Å². The van der Waals surface area contributed by atoms with Gasteiger partial charge in [0, 0.05) is 16.7 Å². The summed E-state index contributed by atoms with van der Waals surface area (Å²) in [5.41, 5.74) is 2.74. The van der Waals surface area contributed by atoms with Crippen LogP contribution >= 0.6 is 11.8 Å². The highest BCUT2D eigenvalue weighted by atomic mass is 32.2. The Kier molecular flexibility index (Phi) is 7.15. The van der Waals surface area contributed by atoms with Gasteiger partial charge in [-0.3, -0.25) is 4.79 Å². The number of hydrogen-bond acceptors (Lipinski definition) is 5. The third-order valence-electron chi connectivity index (χ3n) is 3.54. The summed E-state index contributed by atoms with van der Waals surface area (Å²) < 4.78 is 18.0. The van der Waals surface area contributed by atoms with E-state index in [1.807, 2.05) is 19.2 Å². The molecule has 0 aliphatic rings. The average Bonchev–Trinajstić information content (AvgIpc) is 2.61. The van der Waals surface area contributed by atoms with Crippen LogP contribution in [0.1, 0.15) is 16.7 Å². The zero-order valence-electron chi connectivity index (χ0n) is 14.8. The lowest BCUT2D eigenvalue weighted by Crippen LogP contribution is -2.21. The van der Waals surface area contributed by atoms with Crippen molar-refractivity contribution in [2.24, 2.45) is 0 Å². The van der Waals surface area contributed by atoms with Crippen molar-refractivity contribution >= 4 is 35.4 Å². The van der Waals surface area contributed by atoms with E-state index >= 15 is 0 Å². The fourth-order valence-electron chi connectivity index (χ4n) is 2.37. The van der Waals surface area contributed by atoms with Crippen LogP contribution in [0.15, 0.2) is 47.4 Å². The maximum Gasteiger partial charge on any atom is 0.331 e. The van der Waals surface area contributed by atoms with Gasteiger partial charge in [0.2, 0.25) is 0 Å². The minimum absolute atomic E-state index is 0.408. The number of anilines is 1. The Balaban J connectivity index is 1.91. The number of esters is 1. The van der Waals surface area contributed by atoms with Crippen LogP contribution in [0.2, 0.25) is 0 Å². The maximum atomic E-state index is 13.1. The van der Waals surface area contributed by atoms with Gasteiger partial charge in [0.15, 0.2) is 6.61 Å². The van der Waals surface area contributed by atoms with Crippen molar-refractivity contribution in [3.63, 3.8) is 0 Å². The van der Waals surface area contributed by atoms with Crippen LogP contribution in [0.3, 0.4) is 0 Å². The van der Waals surface area contributed by atoms with E-state index in [0.29, 0.717) is 11.3 Å². The van der Waals surface area contributed by atoms with E-state index in [0.717, 1.165) is 33.9 Å². The second kappa shape index (κ2) is 9.55. The van der Waals surface area contributed by atoms with E-state index in [1.54, 1.807) is 18.2 Å². The van der Waals surface area contributed by atoms with Gasteiger partial charge in [0.1, 0.15) is 11.2 Å². The molecule has 138 valence electrons. The second-order valence-electron chi connectivity index (χ2n) is 5.67. The largest absolute Gasteiger partial charge is 0.452 e. The topological polar surface area (TPSA) is 79.2 Å². The highest BCUT2D eigenvalue weighted by molar-refractivity contribution is 8.03. The fraction of sp³-hybridized carbons (Fsp3) is 0.150. The molecule has 2 aromatic carbocycles. The molecule has 0 atom stereocenters. The minimum atomic E-state index is -0.705. The number of thiocyanates is 1. The van der Waals surface area contributed by atoms with Gasteiger partial charge >= 0.3 is 5.97 Å². The molecule has 0 bridgehead atoms. The van der Waals surface area contributed by atoms with Crippen LogP contribution in [0.25, 0.3) is 6.08 Å². The number of nitriles is 1. The smallest absolute Gasteiger partial charge is 0.331 e. The maximum absolute atomic E-state index is 13.1. The molecule has 27 heavy (non-hydrogen) atoms. The number of nitrogens with zero attached hydrogens (tertiary/aromatic N) is 1. The highest BCUT2D eigenvalue weighted by Crippen LogP contribution is 2.27. The summed E-state index contributed by atoms with van der Waals surface area (Å²) in [5.74, 6) is -1.59. The number of benzene rings is 2. The van der Waals surface area contributed by atoms with E-state index < -0.39 is 24.3 Å². The Hall–Kier alpha value is -3.11. The number of carbonyl (C=O) groups excluding carboxylic acids is 2. The number of carbonyl (C=O) groups is 2. The highest BCUT2D eigenvalue weighted by Gasteiger charge is 2.11. The number of halogens is 1. The summed E-state index contributed by atoms with van der Waals surface area (Å²) in [6.45, 7) is 3.19. The predicted molar refractivity (Wildman–Crippen MR) is 102 cm³/mol. The lowest BCUT2D eigenvalue weighted by atomic mass is 10.1. The van der Waals surface area contributed by atoms with Gasteiger partial charge in [-0.05, 0) is 72.6 Å². The Labute approximate surface area is 160 Å². The molecule has 7 heteroatoms. The van der Waals surface area contributed by atoms with E-state index in [-0.39, 0.29) is 0 Å². The molecule has 2 rings (SSSR count). The molecule has 0 unspecified atom stereocenters. The van der Waals surface area contributed by atoms with Gasteiger partial charge in [-0.25, -0.2) is 9.18 Å². The van der Waals surface area contributed by atoms with E-state index in [9.17, 15) is 14.0 Å². The summed E-state index contributed by atoms with van der Waals surface area (Å²) in [6.07, 6.45) is 2.54. The minimum Gasteiger partial charge on any atom is -0.452 e. The SMILES string of the molecule is Cc1cc(SC#N)cc(C)c1NC(=O)COC(=O)/C=C/c1cccc(F)c1. The quantitative estimate of drug-likeness (QED) is 0.349. The van der Waals surface area contributed by atoms with E-state index in [1.165, 1.54) is 24.3 Å². The van der Waals surface area contributed by atoms with Gasteiger partial charge in [0.05, 0.1) is 0 Å². The Bertz CT molecular complexity index is 912. The third-order valence-corrected chi connectivity index (χ3v) is 4.10. The van der Waals surface area contributed by atoms with Crippen LogP contribution in [-0.2, 0) is 14.3 Å². The number of aryl methyl sites for hydroxylation is 2. The number of ether oxygens (including phenoxy) is 1. The number of nitrogens with one attached hydrogen (secondary N) is 1. The number of amides is 1. The standard InChI is InChI=1S/C20H17FN2O3S/c1-13-8-17(27-12-22)9-14(2)20(13)23-18(24)11-26-19(25)7-6-15-4-3-5-16(21)10-15/h3-10H,11H2,1-2H3,(H,23,24)/b7-6+. The van der Waals surface area contributed by atoms with Gasteiger partial charge in [-0.15, -0.1) is 0 Å². The van der Waals surface area contributed by atoms with Gasteiger partial charge in [-0.2, -0.15) is 5.26 Å². The first kappa shape index (κ1) is 20.2. The molecular formula is C20H17FN2O3S. The van der Waals surface area contributed by atoms with Gasteiger partial charge in [-0.1, -0.05) is 12.1 Å². The molecule has 2 aromatic rings. The zero-order chi connectivity index (χ0) is 19.8. The molecule has 5 nitrogen and oxygen atoms in total. The van der Waals surface area contributed by atoms with Crippen LogP contribution < -0.4 is 5.32 Å². The molecule has 0 aliphatic carbocycles. The Morgan fingerprint density at radius 3 is 2.59 bits per heavy atom. The summed E-state index contributed by atoms with van der Waals surface area (Å²) in [7, 11) is 0. The molecular weight excluding hydrogens is 367 g/mol. The van der Waals surface area contributed by atoms with Crippen LogP contribution in [0.5, 0.6) is 0 Å². The summed E-state index contributed by atoms with van der Waals surface area (Å²) >= 11 is 1.04. The molecule has 0 fully saturated rings. The summed E-state index contributed by atoms with van der Waals surface area (Å²) in [5, 5.41) is 13.4. The molecule has 0 aliphatic heterocycles. The van der Waals surface area contributed by atoms with Crippen molar-refractivity contribution in [2.75, 3.05) is 11.9 Å². The molecule has 0 saturated heterocycles. The lowest BCUT2D eigenvalue weighted by Gasteiger charge is -2.12. The molecule has 1 N–H and O–H groups in total. The van der Waals surface area contributed by atoms with Crippen molar-refractivity contribution in [1.82, 2.24) is 0 Å². The number of thioether (sulfide) groups is 1. The van der Waals surface area contributed by atoms with E-state index in [4.69, 9.17) is 10.00 Å². The van der Waals surface area contributed by atoms with Crippen molar-refractivity contribution < 1.29 is 18.7 Å². The normalized spacial score (nSPS) is 10.4. The average molecular weight is 384 g/mol. The first-order valence-corrected chi connectivity index (χ1v) is 8.78. The zero-order valence-corrected chi connectivity index (χ0v) is 15.6. The third kappa shape index (κ3) is 6.28. The van der Waals surface area contributed by atoms with Gasteiger partial charge < -0.3 is 10.1 Å². The number of hydrogen-bond donors (Lipinski definition) is 1. The second-order valence-corrected chi connectivity index (χ2v) is 6.53. The van der Waals surface area contributed by atoms with Crippen LogP contribution in [0.4, 0.5) is 10.1 Å². The van der Waals surface area contributed by atoms with Crippen molar-refractivity contribution in [2.45, 2.75) is 18.7 Å². The van der Waals surface area contributed by atoms with Crippen LogP contribution in [-0.4, -0.2) is 18.5 Å². The molecule has 0 radical (unpaired) electrons. The molecule has 0 spiro atoms. The van der Waals surface area contributed by atoms with Crippen molar-refractivity contribution in [3.8, 4) is 5.40 Å². The Morgan fingerprint density at radius 1 is 1.26 bits per heavy atom. The lowest BCUT2D eigenvalue weighted by molar-refractivity contribution is -0.142. The number of rotatable bonds is 6. The molecule has 0 saturated carbocycles. The van der Waals surface area contributed by atoms with E-state index in [2.05, 4.69) is 5.32 Å². The summed E-state index contributed by atoms with van der Waals surface area (Å²) in [4.78, 5) is 24.5. The first-order valence-electron chi connectivity index (χ1n) is 7.96. The van der Waals surface area contributed by atoms with Crippen molar-refractivity contribution in [3.05, 3.63) is 65.0 Å². The fourth-order valence-corrected chi connectivity index (χ4v) is 2.94. The molecule has 0 aromatic heterocycles.